The van der Waals surface area contributed by atoms with Crippen molar-refractivity contribution < 1.29 is 19.0 Å². The molecule has 0 bridgehead atoms. The Bertz CT molecular complexity index is 558. The van der Waals surface area contributed by atoms with Crippen LogP contribution in [0.1, 0.15) is 64.2 Å². The number of carbonyl (C=O) groups is 1. The van der Waals surface area contributed by atoms with E-state index in [1.54, 1.807) is 12.1 Å². The highest BCUT2D eigenvalue weighted by Gasteiger charge is 2.18. The topological polar surface area (TPSA) is 69.2 Å². The fraction of sp³-hybridized carbons (Fsp3) is 0.579. The van der Waals surface area contributed by atoms with E-state index in [0.717, 1.165) is 25.0 Å². The zero-order chi connectivity index (χ0) is 18.7. The summed E-state index contributed by atoms with van der Waals surface area (Å²) < 4.78 is 16.9. The minimum absolute atomic E-state index is 0.305. The Morgan fingerprint density at radius 3 is 2.04 bits per heavy atom. The number of rotatable bonds is 11. The number of ether oxygens (including phenoxy) is 3. The van der Waals surface area contributed by atoms with Crippen LogP contribution >= 0.6 is 0 Å². The molecule has 0 saturated heterocycles. The third-order valence-corrected chi connectivity index (χ3v) is 3.41. The lowest BCUT2D eigenvalue weighted by molar-refractivity contribution is 0.0953. The third-order valence-electron chi connectivity index (χ3n) is 3.41. The molecular weight excluding hydrogens is 320 g/mol. The molecule has 0 aromatic heterocycles. The molecule has 6 nitrogen and oxygen atoms in total. The fourth-order valence-corrected chi connectivity index (χ4v) is 2.22. The van der Waals surface area contributed by atoms with Gasteiger partial charge in [0, 0.05) is 11.3 Å². The van der Waals surface area contributed by atoms with Crippen molar-refractivity contribution in [2.24, 2.45) is 5.10 Å². The van der Waals surface area contributed by atoms with Gasteiger partial charge >= 0.3 is 0 Å². The van der Waals surface area contributed by atoms with Gasteiger partial charge in [-0.15, -0.1) is 0 Å². The van der Waals surface area contributed by atoms with Gasteiger partial charge in [0.25, 0.3) is 5.91 Å². The molecule has 0 aliphatic carbocycles. The maximum absolute atomic E-state index is 12.4. The average Bonchev–Trinajstić information content (AvgIpc) is 2.60. The molecule has 0 aliphatic heterocycles. The number of unbranched alkanes of at least 4 members (excludes halogenated alkanes) is 1. The van der Waals surface area contributed by atoms with Crippen molar-refractivity contribution in [2.45, 2.75) is 53.9 Å². The van der Waals surface area contributed by atoms with E-state index < -0.39 is 0 Å². The maximum atomic E-state index is 12.4. The molecule has 1 rings (SSSR count). The lowest BCUT2D eigenvalue weighted by Gasteiger charge is -2.16. The van der Waals surface area contributed by atoms with Gasteiger partial charge in [0.1, 0.15) is 0 Å². The molecule has 0 saturated carbocycles. The zero-order valence-corrected chi connectivity index (χ0v) is 16.0. The molecule has 25 heavy (non-hydrogen) atoms. The van der Waals surface area contributed by atoms with Crippen molar-refractivity contribution in [1.82, 2.24) is 5.43 Å². The first-order chi connectivity index (χ1) is 12.1. The number of benzene rings is 1. The number of hydrazone groups is 1. The van der Waals surface area contributed by atoms with Crippen molar-refractivity contribution in [3.05, 3.63) is 17.7 Å². The minimum atomic E-state index is -0.305. The Morgan fingerprint density at radius 2 is 1.56 bits per heavy atom. The van der Waals surface area contributed by atoms with E-state index in [0.29, 0.717) is 42.6 Å². The highest BCUT2D eigenvalue weighted by molar-refractivity contribution is 5.96. The Balaban J connectivity index is 3.06. The first-order valence-electron chi connectivity index (χ1n) is 8.97. The summed E-state index contributed by atoms with van der Waals surface area (Å²) in [4.78, 5) is 12.4. The van der Waals surface area contributed by atoms with Crippen LogP contribution in [0.2, 0.25) is 0 Å². The predicted molar refractivity (Wildman–Crippen MR) is 100 cm³/mol. The monoisotopic (exact) mass is 350 g/mol. The highest BCUT2D eigenvalue weighted by Crippen LogP contribution is 2.39. The van der Waals surface area contributed by atoms with Crippen LogP contribution in [0.3, 0.4) is 0 Å². The Hall–Kier alpha value is -2.24. The predicted octanol–water partition coefficient (Wildman–Crippen LogP) is 4.18. The average molecular weight is 350 g/mol. The van der Waals surface area contributed by atoms with Crippen molar-refractivity contribution >= 4 is 11.6 Å². The molecule has 0 spiro atoms. The number of amides is 1. The normalized spacial score (nSPS) is 11.2. The van der Waals surface area contributed by atoms with Crippen LogP contribution in [-0.2, 0) is 0 Å². The first kappa shape index (κ1) is 20.8. The van der Waals surface area contributed by atoms with Crippen LogP contribution in [0.15, 0.2) is 17.2 Å². The van der Waals surface area contributed by atoms with Crippen molar-refractivity contribution in [1.29, 1.82) is 0 Å². The number of nitrogens with zero attached hydrogens (tertiary/aromatic N) is 1. The van der Waals surface area contributed by atoms with E-state index in [4.69, 9.17) is 14.2 Å². The molecule has 0 heterocycles. The summed E-state index contributed by atoms with van der Waals surface area (Å²) in [6.45, 7) is 11.1. The highest BCUT2D eigenvalue weighted by atomic mass is 16.5. The summed E-state index contributed by atoms with van der Waals surface area (Å²) in [5.41, 5.74) is 3.91. The van der Waals surface area contributed by atoms with Crippen molar-refractivity contribution in [3.8, 4) is 17.2 Å². The molecule has 1 aromatic carbocycles. The molecule has 1 N–H and O–H groups in total. The molecule has 6 heteroatoms. The summed E-state index contributed by atoms with van der Waals surface area (Å²) >= 11 is 0. The molecule has 0 fully saturated rings. The van der Waals surface area contributed by atoms with E-state index in [1.807, 2.05) is 27.7 Å². The van der Waals surface area contributed by atoms with E-state index in [2.05, 4.69) is 17.5 Å². The van der Waals surface area contributed by atoms with Gasteiger partial charge in [-0.2, -0.15) is 5.10 Å². The smallest absolute Gasteiger partial charge is 0.271 e. The summed E-state index contributed by atoms with van der Waals surface area (Å²) in [6, 6.07) is 3.31. The van der Waals surface area contributed by atoms with Crippen LogP contribution in [0, 0.1) is 0 Å². The molecule has 0 unspecified atom stereocenters. The van der Waals surface area contributed by atoms with Crippen LogP contribution in [-0.4, -0.2) is 31.4 Å². The van der Waals surface area contributed by atoms with Gasteiger partial charge in [-0.1, -0.05) is 13.3 Å². The van der Waals surface area contributed by atoms with E-state index in [-0.39, 0.29) is 5.91 Å². The van der Waals surface area contributed by atoms with E-state index in [9.17, 15) is 4.79 Å². The molecular formula is C19H30N2O4. The molecule has 0 atom stereocenters. The van der Waals surface area contributed by atoms with Gasteiger partial charge in [-0.25, -0.2) is 5.43 Å². The molecule has 0 aliphatic rings. The van der Waals surface area contributed by atoms with Gasteiger partial charge in [-0.3, -0.25) is 4.79 Å². The summed E-state index contributed by atoms with van der Waals surface area (Å²) in [7, 11) is 0. The number of hydrogen-bond acceptors (Lipinski definition) is 5. The second-order valence-electron chi connectivity index (χ2n) is 5.49. The Kier molecular flexibility index (Phi) is 9.43. The molecule has 1 aromatic rings. The Morgan fingerprint density at radius 1 is 1.00 bits per heavy atom. The van der Waals surface area contributed by atoms with Gasteiger partial charge in [0.2, 0.25) is 5.75 Å². The van der Waals surface area contributed by atoms with Crippen LogP contribution in [0.5, 0.6) is 17.2 Å². The minimum Gasteiger partial charge on any atom is -0.490 e. The van der Waals surface area contributed by atoms with Crippen LogP contribution < -0.4 is 19.6 Å². The van der Waals surface area contributed by atoms with Gasteiger partial charge < -0.3 is 14.2 Å². The summed E-state index contributed by atoms with van der Waals surface area (Å²) in [6.07, 6.45) is 3.01. The zero-order valence-electron chi connectivity index (χ0n) is 16.0. The number of carbonyl (C=O) groups excluding carboxylic acids is 1. The SMILES string of the molecule is CCCCC(C)=NNC(=O)c1cc(OCC)c(OCC)c(OCC)c1. The molecule has 1 amide bonds. The second-order valence-corrected chi connectivity index (χ2v) is 5.49. The largest absolute Gasteiger partial charge is 0.490 e. The molecule has 0 radical (unpaired) electrons. The maximum Gasteiger partial charge on any atom is 0.271 e. The first-order valence-corrected chi connectivity index (χ1v) is 8.97. The van der Waals surface area contributed by atoms with Crippen molar-refractivity contribution in [3.63, 3.8) is 0 Å². The second kappa shape index (κ2) is 11.3. The lowest BCUT2D eigenvalue weighted by atomic mass is 10.1. The van der Waals surface area contributed by atoms with E-state index in [1.165, 1.54) is 0 Å². The van der Waals surface area contributed by atoms with Crippen LogP contribution in [0.4, 0.5) is 0 Å². The number of hydrogen-bond donors (Lipinski definition) is 1. The standard InChI is InChI=1S/C19H30N2O4/c1-6-10-11-14(5)20-21-19(22)15-12-16(23-7-2)18(25-9-4)17(13-15)24-8-3/h12-13H,6-11H2,1-5H3,(H,21,22). The van der Waals surface area contributed by atoms with Gasteiger partial charge in [0.05, 0.1) is 19.8 Å². The number of nitrogens with one attached hydrogen (secondary N) is 1. The summed E-state index contributed by atoms with van der Waals surface area (Å²) in [5, 5.41) is 4.15. The Labute approximate surface area is 150 Å². The van der Waals surface area contributed by atoms with Crippen LogP contribution in [0.25, 0.3) is 0 Å². The summed E-state index contributed by atoms with van der Waals surface area (Å²) in [5.74, 6) is 1.20. The molecule has 140 valence electrons. The third kappa shape index (κ3) is 6.64. The van der Waals surface area contributed by atoms with Crippen molar-refractivity contribution in [2.75, 3.05) is 19.8 Å². The lowest BCUT2D eigenvalue weighted by Crippen LogP contribution is -2.19. The quantitative estimate of drug-likeness (QED) is 0.480. The van der Waals surface area contributed by atoms with E-state index >= 15 is 0 Å². The fourth-order valence-electron chi connectivity index (χ4n) is 2.22. The van der Waals surface area contributed by atoms with Gasteiger partial charge in [0.15, 0.2) is 11.5 Å². The van der Waals surface area contributed by atoms with Gasteiger partial charge in [-0.05, 0) is 52.7 Å².